The summed E-state index contributed by atoms with van der Waals surface area (Å²) >= 11 is 0. The standard InChI is InChI=1S/C21H23N5O/c27-21(14-25-11-10-19(13-25)18-4-2-1-3-5-18)23-12-17-6-8-20(9-7-17)26-16-22-15-24-26/h1-9,15-16,19H,10-14H2,(H,23,27)/t19-/m1/s1. The van der Waals surface area contributed by atoms with Crippen molar-refractivity contribution in [2.45, 2.75) is 18.9 Å². The minimum Gasteiger partial charge on any atom is -0.351 e. The van der Waals surface area contributed by atoms with Crippen LogP contribution in [0.25, 0.3) is 5.69 Å². The third-order valence-electron chi connectivity index (χ3n) is 5.02. The SMILES string of the molecule is O=C(CN1CC[C@@H](c2ccccc2)C1)NCc1ccc(-n2cncn2)cc1. The summed E-state index contributed by atoms with van der Waals surface area (Å²) in [6, 6.07) is 18.5. The van der Waals surface area contributed by atoms with Gasteiger partial charge in [-0.05, 0) is 42.1 Å². The molecule has 1 aliphatic rings. The van der Waals surface area contributed by atoms with Crippen LogP contribution in [-0.4, -0.2) is 45.2 Å². The summed E-state index contributed by atoms with van der Waals surface area (Å²) in [7, 11) is 0. The lowest BCUT2D eigenvalue weighted by Gasteiger charge is -2.16. The predicted octanol–water partition coefficient (Wildman–Crippen LogP) is 2.37. The van der Waals surface area contributed by atoms with E-state index in [1.54, 1.807) is 11.0 Å². The van der Waals surface area contributed by atoms with Gasteiger partial charge in [0.25, 0.3) is 0 Å². The van der Waals surface area contributed by atoms with Gasteiger partial charge in [-0.25, -0.2) is 9.67 Å². The lowest BCUT2D eigenvalue weighted by atomic mass is 9.99. The van der Waals surface area contributed by atoms with Crippen molar-refractivity contribution in [1.82, 2.24) is 25.0 Å². The molecule has 2 heterocycles. The summed E-state index contributed by atoms with van der Waals surface area (Å²) in [4.78, 5) is 18.5. The summed E-state index contributed by atoms with van der Waals surface area (Å²) in [6.45, 7) is 2.91. The molecule has 1 atom stereocenters. The molecule has 6 heteroatoms. The number of hydrogen-bond donors (Lipinski definition) is 1. The highest BCUT2D eigenvalue weighted by atomic mass is 16.2. The van der Waals surface area contributed by atoms with E-state index in [2.05, 4.69) is 44.6 Å². The summed E-state index contributed by atoms with van der Waals surface area (Å²) < 4.78 is 1.71. The van der Waals surface area contributed by atoms with Crippen LogP contribution in [0.3, 0.4) is 0 Å². The maximum atomic E-state index is 12.3. The smallest absolute Gasteiger partial charge is 0.234 e. The lowest BCUT2D eigenvalue weighted by Crippen LogP contribution is -2.35. The van der Waals surface area contributed by atoms with Gasteiger partial charge < -0.3 is 5.32 Å². The molecule has 4 rings (SSSR count). The van der Waals surface area contributed by atoms with Gasteiger partial charge in [0.05, 0.1) is 12.2 Å². The topological polar surface area (TPSA) is 63.1 Å². The Morgan fingerprint density at radius 1 is 1.11 bits per heavy atom. The van der Waals surface area contributed by atoms with Crippen LogP contribution in [0.5, 0.6) is 0 Å². The largest absolute Gasteiger partial charge is 0.351 e. The Hall–Kier alpha value is -2.99. The average Bonchev–Trinajstić information content (AvgIpc) is 3.40. The van der Waals surface area contributed by atoms with E-state index in [4.69, 9.17) is 0 Å². The van der Waals surface area contributed by atoms with Crippen molar-refractivity contribution in [3.05, 3.63) is 78.4 Å². The van der Waals surface area contributed by atoms with E-state index in [1.807, 2.05) is 30.3 Å². The normalized spacial score (nSPS) is 17.1. The molecule has 27 heavy (non-hydrogen) atoms. The van der Waals surface area contributed by atoms with Crippen molar-refractivity contribution in [2.24, 2.45) is 0 Å². The number of amides is 1. The van der Waals surface area contributed by atoms with Crippen LogP contribution in [-0.2, 0) is 11.3 Å². The Labute approximate surface area is 158 Å². The highest BCUT2D eigenvalue weighted by molar-refractivity contribution is 5.78. The molecule has 0 aliphatic carbocycles. The summed E-state index contributed by atoms with van der Waals surface area (Å²) in [5, 5.41) is 7.13. The number of hydrogen-bond acceptors (Lipinski definition) is 4. The first kappa shape index (κ1) is 17.4. The number of benzene rings is 2. The second-order valence-corrected chi connectivity index (χ2v) is 6.91. The van der Waals surface area contributed by atoms with Crippen molar-refractivity contribution in [1.29, 1.82) is 0 Å². The fraction of sp³-hybridized carbons (Fsp3) is 0.286. The number of carbonyl (C=O) groups is 1. The molecule has 6 nitrogen and oxygen atoms in total. The summed E-state index contributed by atoms with van der Waals surface area (Å²) in [6.07, 6.45) is 4.28. The quantitative estimate of drug-likeness (QED) is 0.732. The van der Waals surface area contributed by atoms with Crippen LogP contribution in [0.2, 0.25) is 0 Å². The van der Waals surface area contributed by atoms with Gasteiger partial charge in [-0.3, -0.25) is 9.69 Å². The highest BCUT2D eigenvalue weighted by Gasteiger charge is 2.24. The maximum absolute atomic E-state index is 12.3. The molecule has 0 saturated carbocycles. The predicted molar refractivity (Wildman–Crippen MR) is 103 cm³/mol. The number of aromatic nitrogens is 3. The van der Waals surface area contributed by atoms with E-state index in [9.17, 15) is 4.79 Å². The summed E-state index contributed by atoms with van der Waals surface area (Å²) in [5.41, 5.74) is 3.38. The molecule has 0 radical (unpaired) electrons. The van der Waals surface area contributed by atoms with E-state index < -0.39 is 0 Å². The molecule has 0 spiro atoms. The number of likely N-dealkylation sites (tertiary alicyclic amines) is 1. The van der Waals surface area contributed by atoms with Crippen molar-refractivity contribution < 1.29 is 4.79 Å². The van der Waals surface area contributed by atoms with Gasteiger partial charge in [-0.15, -0.1) is 0 Å². The van der Waals surface area contributed by atoms with E-state index in [1.165, 1.54) is 11.9 Å². The molecular weight excluding hydrogens is 338 g/mol. The van der Waals surface area contributed by atoms with Crippen LogP contribution in [0.4, 0.5) is 0 Å². The second kappa shape index (κ2) is 8.14. The average molecular weight is 361 g/mol. The molecule has 0 unspecified atom stereocenters. The first-order valence-electron chi connectivity index (χ1n) is 9.26. The van der Waals surface area contributed by atoms with Gasteiger partial charge in [0, 0.05) is 13.1 Å². The van der Waals surface area contributed by atoms with Gasteiger partial charge in [0.15, 0.2) is 0 Å². The van der Waals surface area contributed by atoms with Crippen molar-refractivity contribution in [3.8, 4) is 5.69 Å². The monoisotopic (exact) mass is 361 g/mol. The van der Waals surface area contributed by atoms with Gasteiger partial charge in [-0.2, -0.15) is 5.10 Å². The van der Waals surface area contributed by atoms with Gasteiger partial charge in [-0.1, -0.05) is 42.5 Å². The molecule has 3 aromatic rings. The third-order valence-corrected chi connectivity index (χ3v) is 5.02. The fourth-order valence-corrected chi connectivity index (χ4v) is 3.54. The molecule has 1 N–H and O–H groups in total. The number of nitrogens with one attached hydrogen (secondary N) is 1. The third kappa shape index (κ3) is 4.41. The van der Waals surface area contributed by atoms with Crippen molar-refractivity contribution in [2.75, 3.05) is 19.6 Å². The zero-order valence-electron chi connectivity index (χ0n) is 15.2. The first-order chi connectivity index (χ1) is 13.3. The van der Waals surface area contributed by atoms with Crippen LogP contribution in [0, 0.1) is 0 Å². The van der Waals surface area contributed by atoms with E-state index in [0.29, 0.717) is 19.0 Å². The molecule has 1 fully saturated rings. The zero-order valence-corrected chi connectivity index (χ0v) is 15.2. The van der Waals surface area contributed by atoms with Crippen molar-refractivity contribution >= 4 is 5.91 Å². The van der Waals surface area contributed by atoms with Crippen LogP contribution in [0.1, 0.15) is 23.5 Å². The van der Waals surface area contributed by atoms with Gasteiger partial charge >= 0.3 is 0 Å². The second-order valence-electron chi connectivity index (χ2n) is 6.91. The van der Waals surface area contributed by atoms with Crippen LogP contribution >= 0.6 is 0 Å². The van der Waals surface area contributed by atoms with Gasteiger partial charge in [0.2, 0.25) is 5.91 Å². The van der Waals surface area contributed by atoms with E-state index in [0.717, 1.165) is 30.8 Å². The molecule has 1 aromatic heterocycles. The molecular formula is C21H23N5O. The Kier molecular flexibility index (Phi) is 5.25. The molecule has 138 valence electrons. The van der Waals surface area contributed by atoms with Crippen LogP contribution in [0.15, 0.2) is 67.3 Å². The molecule has 1 aliphatic heterocycles. The minimum atomic E-state index is 0.0732. The number of carbonyl (C=O) groups excluding carboxylic acids is 1. The number of rotatable bonds is 6. The Morgan fingerprint density at radius 3 is 2.67 bits per heavy atom. The number of nitrogens with zero attached hydrogens (tertiary/aromatic N) is 4. The molecule has 1 saturated heterocycles. The Morgan fingerprint density at radius 2 is 1.93 bits per heavy atom. The Bertz CT molecular complexity index is 861. The molecule has 2 aromatic carbocycles. The molecule has 0 bridgehead atoms. The minimum absolute atomic E-state index is 0.0732. The zero-order chi connectivity index (χ0) is 18.5. The Balaban J connectivity index is 1.24. The lowest BCUT2D eigenvalue weighted by molar-refractivity contribution is -0.122. The van der Waals surface area contributed by atoms with Crippen LogP contribution < -0.4 is 5.32 Å². The summed E-state index contributed by atoms with van der Waals surface area (Å²) in [5.74, 6) is 0.604. The fourth-order valence-electron chi connectivity index (χ4n) is 3.54. The highest BCUT2D eigenvalue weighted by Crippen LogP contribution is 2.26. The van der Waals surface area contributed by atoms with E-state index >= 15 is 0 Å². The first-order valence-corrected chi connectivity index (χ1v) is 9.26. The van der Waals surface area contributed by atoms with E-state index in [-0.39, 0.29) is 5.91 Å². The molecule has 1 amide bonds. The maximum Gasteiger partial charge on any atom is 0.234 e. The van der Waals surface area contributed by atoms with Gasteiger partial charge in [0.1, 0.15) is 12.7 Å². The van der Waals surface area contributed by atoms with Crippen molar-refractivity contribution in [3.63, 3.8) is 0 Å².